The van der Waals surface area contributed by atoms with Crippen molar-refractivity contribution in [1.29, 1.82) is 0 Å². The van der Waals surface area contributed by atoms with Crippen molar-refractivity contribution in [3.05, 3.63) is 84.1 Å². The summed E-state index contributed by atoms with van der Waals surface area (Å²) in [5.41, 5.74) is 4.16. The summed E-state index contributed by atoms with van der Waals surface area (Å²) < 4.78 is 15.7. The molecule has 0 saturated carbocycles. The largest absolute Gasteiger partial charge is 0.482 e. The molecule has 0 saturated heterocycles. The zero-order valence-corrected chi connectivity index (χ0v) is 27.3. The minimum Gasteiger partial charge on any atom is -0.482 e. The summed E-state index contributed by atoms with van der Waals surface area (Å²) in [6.45, 7) is 8.31. The molecule has 0 aliphatic rings. The summed E-state index contributed by atoms with van der Waals surface area (Å²) in [6.07, 6.45) is 3.82. The number of carbonyl (C=O) groups excluding carboxylic acids is 3. The Kier molecular flexibility index (Phi) is 12.3. The lowest BCUT2D eigenvalue weighted by Gasteiger charge is -2.19. The van der Waals surface area contributed by atoms with Gasteiger partial charge in [-0.1, -0.05) is 36.1 Å². The molecule has 10 heteroatoms. The quantitative estimate of drug-likeness (QED) is 0.0752. The zero-order chi connectivity index (χ0) is 33.6. The Hall–Kier alpha value is -5.43. The van der Waals surface area contributed by atoms with Gasteiger partial charge in [-0.25, -0.2) is 14.4 Å². The van der Waals surface area contributed by atoms with Crippen molar-refractivity contribution in [2.24, 2.45) is 0 Å². The third-order valence-electron chi connectivity index (χ3n) is 6.80. The second-order valence-corrected chi connectivity index (χ2v) is 11.7. The van der Waals surface area contributed by atoms with Crippen molar-refractivity contribution in [2.75, 3.05) is 31.6 Å². The lowest BCUT2D eigenvalue weighted by Crippen LogP contribution is -2.33. The average molecular weight is 639 g/mol. The number of carbonyl (C=O) groups is 3. The van der Waals surface area contributed by atoms with Crippen LogP contribution >= 0.6 is 0 Å². The van der Waals surface area contributed by atoms with Gasteiger partial charge in [0.25, 0.3) is 0 Å². The molecule has 246 valence electrons. The molecule has 0 atom stereocenters. The van der Waals surface area contributed by atoms with Gasteiger partial charge in [0, 0.05) is 41.5 Å². The van der Waals surface area contributed by atoms with Crippen LogP contribution in [-0.2, 0) is 14.3 Å². The highest BCUT2D eigenvalue weighted by molar-refractivity contribution is 5.97. The maximum Gasteiger partial charge on any atom is 0.407 e. The Balaban J connectivity index is 1.44. The molecule has 0 fully saturated rings. The zero-order valence-electron chi connectivity index (χ0n) is 27.3. The highest BCUT2D eigenvalue weighted by atomic mass is 16.6. The number of rotatable bonds is 12. The van der Waals surface area contributed by atoms with Crippen LogP contribution in [0, 0.1) is 11.8 Å². The number of hydrogen-bond acceptors (Lipinski definition) is 6. The van der Waals surface area contributed by atoms with E-state index in [1.165, 1.54) is 0 Å². The van der Waals surface area contributed by atoms with Gasteiger partial charge < -0.3 is 35.1 Å². The number of aromatic amines is 1. The first-order valence-electron chi connectivity index (χ1n) is 15.7. The van der Waals surface area contributed by atoms with Crippen molar-refractivity contribution in [3.63, 3.8) is 0 Å². The number of aromatic nitrogens is 1. The number of anilines is 1. The van der Waals surface area contributed by atoms with E-state index in [-0.39, 0.29) is 12.6 Å². The fourth-order valence-corrected chi connectivity index (χ4v) is 4.72. The minimum atomic E-state index is -0.531. The number of urea groups is 1. The van der Waals surface area contributed by atoms with Crippen LogP contribution in [0.15, 0.2) is 72.9 Å². The third kappa shape index (κ3) is 11.2. The van der Waals surface area contributed by atoms with E-state index >= 15 is 0 Å². The SMILES string of the molecule is CCOC(=O)COc1cccc(C#Cc2cccc(NC(=O)NCCCCCNC(=O)OC(C)(C)C)c2-c2ccc3cc[nH]c3c2)c1. The van der Waals surface area contributed by atoms with Crippen LogP contribution < -0.4 is 20.7 Å². The minimum absolute atomic E-state index is 0.183. The molecule has 0 bridgehead atoms. The highest BCUT2D eigenvalue weighted by Gasteiger charge is 2.16. The molecular formula is C37H42N4O6. The summed E-state index contributed by atoms with van der Waals surface area (Å²) in [7, 11) is 0. The monoisotopic (exact) mass is 638 g/mol. The lowest BCUT2D eigenvalue weighted by atomic mass is 9.96. The number of ether oxygens (including phenoxy) is 3. The molecule has 3 amide bonds. The number of H-pyrrole nitrogens is 1. The Morgan fingerprint density at radius 3 is 2.45 bits per heavy atom. The van der Waals surface area contributed by atoms with Gasteiger partial charge in [-0.05, 0) is 100 Å². The van der Waals surface area contributed by atoms with E-state index < -0.39 is 17.7 Å². The summed E-state index contributed by atoms with van der Waals surface area (Å²) >= 11 is 0. The van der Waals surface area contributed by atoms with Crippen LogP contribution in [0.4, 0.5) is 15.3 Å². The van der Waals surface area contributed by atoms with Crippen LogP contribution in [-0.4, -0.2) is 55.0 Å². The number of unbranched alkanes of at least 4 members (excludes halogenated alkanes) is 2. The molecule has 0 aliphatic heterocycles. The van der Waals surface area contributed by atoms with Gasteiger partial charge in [-0.2, -0.15) is 0 Å². The van der Waals surface area contributed by atoms with Crippen LogP contribution in [0.1, 0.15) is 58.1 Å². The van der Waals surface area contributed by atoms with Gasteiger partial charge in [-0.15, -0.1) is 0 Å². The van der Waals surface area contributed by atoms with E-state index in [9.17, 15) is 14.4 Å². The number of fused-ring (bicyclic) bond motifs is 1. The van der Waals surface area contributed by atoms with Crippen molar-refractivity contribution in [3.8, 4) is 28.7 Å². The molecule has 0 unspecified atom stereocenters. The van der Waals surface area contributed by atoms with Crippen LogP contribution in [0.25, 0.3) is 22.0 Å². The first-order valence-corrected chi connectivity index (χ1v) is 15.7. The molecule has 4 aromatic rings. The second-order valence-electron chi connectivity index (χ2n) is 11.7. The number of nitrogens with one attached hydrogen (secondary N) is 4. The predicted octanol–water partition coefficient (Wildman–Crippen LogP) is 6.99. The van der Waals surface area contributed by atoms with E-state index in [0.717, 1.165) is 46.9 Å². The smallest absolute Gasteiger partial charge is 0.407 e. The van der Waals surface area contributed by atoms with Crippen molar-refractivity contribution >= 4 is 34.7 Å². The van der Waals surface area contributed by atoms with Gasteiger partial charge in [0.1, 0.15) is 11.4 Å². The summed E-state index contributed by atoms with van der Waals surface area (Å²) in [6, 6.07) is 20.6. The fraction of sp³-hybridized carbons (Fsp3) is 0.324. The topological polar surface area (TPSA) is 131 Å². The molecule has 0 spiro atoms. The van der Waals surface area contributed by atoms with E-state index in [0.29, 0.717) is 36.7 Å². The molecular weight excluding hydrogens is 596 g/mol. The fourth-order valence-electron chi connectivity index (χ4n) is 4.72. The molecule has 10 nitrogen and oxygen atoms in total. The Labute approximate surface area is 275 Å². The summed E-state index contributed by atoms with van der Waals surface area (Å²) in [5.74, 6) is 6.54. The molecule has 4 rings (SSSR count). The first-order chi connectivity index (χ1) is 22.6. The molecule has 0 radical (unpaired) electrons. The van der Waals surface area contributed by atoms with Crippen molar-refractivity contribution < 1.29 is 28.6 Å². The number of benzene rings is 3. The molecule has 1 heterocycles. The van der Waals surface area contributed by atoms with Crippen molar-refractivity contribution in [2.45, 2.75) is 52.6 Å². The Morgan fingerprint density at radius 1 is 0.872 bits per heavy atom. The van der Waals surface area contributed by atoms with E-state index in [2.05, 4.69) is 32.8 Å². The van der Waals surface area contributed by atoms with Crippen LogP contribution in [0.3, 0.4) is 0 Å². The maximum absolute atomic E-state index is 13.0. The number of amides is 3. The average Bonchev–Trinajstić information content (AvgIpc) is 3.50. The van der Waals surface area contributed by atoms with Crippen LogP contribution in [0.2, 0.25) is 0 Å². The lowest BCUT2D eigenvalue weighted by molar-refractivity contribution is -0.145. The summed E-state index contributed by atoms with van der Waals surface area (Å²) in [5, 5.41) is 9.76. The Morgan fingerprint density at radius 2 is 1.66 bits per heavy atom. The second kappa shape index (κ2) is 16.8. The number of alkyl carbamates (subject to hydrolysis) is 1. The molecule has 0 aliphatic carbocycles. The number of hydrogen-bond donors (Lipinski definition) is 4. The van der Waals surface area contributed by atoms with Gasteiger partial charge in [0.05, 0.1) is 12.3 Å². The van der Waals surface area contributed by atoms with Gasteiger partial charge in [0.2, 0.25) is 0 Å². The van der Waals surface area contributed by atoms with Gasteiger partial charge in [-0.3, -0.25) is 0 Å². The summed E-state index contributed by atoms with van der Waals surface area (Å²) in [4.78, 5) is 39.7. The molecule has 1 aromatic heterocycles. The molecule has 4 N–H and O–H groups in total. The van der Waals surface area contributed by atoms with Gasteiger partial charge >= 0.3 is 18.1 Å². The Bertz CT molecular complexity index is 1740. The van der Waals surface area contributed by atoms with Crippen LogP contribution in [0.5, 0.6) is 5.75 Å². The predicted molar refractivity (Wildman–Crippen MR) is 183 cm³/mol. The van der Waals surface area contributed by atoms with E-state index in [1.54, 1.807) is 19.1 Å². The molecule has 3 aromatic carbocycles. The normalized spacial score (nSPS) is 10.8. The standard InChI is InChI=1S/C37H42N4O6/c1-5-45-33(42)25-46-30-13-9-11-26(23-30)15-16-28-12-10-14-31(34(28)29-18-17-27-19-22-38-32(27)24-29)41-35(43)39-20-7-6-8-21-40-36(44)47-37(2,3)4/h9-14,17-19,22-24,38H,5-8,20-21,25H2,1-4H3,(H,40,44)(H2,39,41,43). The molecule has 47 heavy (non-hydrogen) atoms. The van der Waals surface area contributed by atoms with E-state index in [1.807, 2.05) is 81.6 Å². The maximum atomic E-state index is 13.0. The number of esters is 1. The third-order valence-corrected chi connectivity index (χ3v) is 6.80. The van der Waals surface area contributed by atoms with E-state index in [4.69, 9.17) is 14.2 Å². The van der Waals surface area contributed by atoms with Crippen molar-refractivity contribution in [1.82, 2.24) is 15.6 Å². The highest BCUT2D eigenvalue weighted by Crippen LogP contribution is 2.33. The first kappa shape index (κ1) is 34.4. The van der Waals surface area contributed by atoms with Gasteiger partial charge in [0.15, 0.2) is 6.61 Å².